The van der Waals surface area contributed by atoms with Crippen molar-refractivity contribution in [3.8, 4) is 0 Å². The van der Waals surface area contributed by atoms with Crippen molar-refractivity contribution in [2.75, 3.05) is 19.6 Å². The van der Waals surface area contributed by atoms with Crippen molar-refractivity contribution < 1.29 is 23.1 Å². The molecule has 26 heavy (non-hydrogen) atoms. The minimum absolute atomic E-state index is 0.0338. The highest BCUT2D eigenvalue weighted by atomic mass is 19.4. The normalized spacial score (nSPS) is 18.3. The lowest BCUT2D eigenvalue weighted by Gasteiger charge is -2.36. The molecule has 1 atom stereocenters. The molecule has 1 aliphatic rings. The van der Waals surface area contributed by atoms with Crippen LogP contribution in [0.3, 0.4) is 0 Å². The van der Waals surface area contributed by atoms with Crippen molar-refractivity contribution in [1.29, 1.82) is 0 Å². The first-order valence-corrected chi connectivity index (χ1v) is 8.67. The first-order chi connectivity index (χ1) is 12.2. The summed E-state index contributed by atoms with van der Waals surface area (Å²) in [6.45, 7) is 3.68. The zero-order chi connectivity index (χ0) is 19.1. The molecule has 8 heteroatoms. The number of hydrogen-bond acceptors (Lipinski definition) is 3. The number of rotatable bonds is 4. The van der Waals surface area contributed by atoms with Gasteiger partial charge >= 0.3 is 12.1 Å². The predicted octanol–water partition coefficient (Wildman–Crippen LogP) is 3.88. The number of nitrogens with zero attached hydrogens (tertiary/aromatic N) is 3. The lowest BCUT2D eigenvalue weighted by Crippen LogP contribution is -2.41. The Kier molecular flexibility index (Phi) is 4.96. The maximum Gasteiger partial charge on any atom is 0.401 e. The van der Waals surface area contributed by atoms with E-state index in [0.29, 0.717) is 42.7 Å². The number of halogens is 3. The van der Waals surface area contributed by atoms with Gasteiger partial charge in [-0.05, 0) is 57.8 Å². The average molecular weight is 369 g/mol. The maximum absolute atomic E-state index is 12.6. The summed E-state index contributed by atoms with van der Waals surface area (Å²) in [7, 11) is 0. The van der Waals surface area contributed by atoms with Crippen molar-refractivity contribution in [2.24, 2.45) is 5.92 Å². The number of fused-ring (bicyclic) bond motifs is 1. The summed E-state index contributed by atoms with van der Waals surface area (Å²) in [6, 6.07) is 3.42. The Balaban J connectivity index is 1.84. The second-order valence-corrected chi connectivity index (χ2v) is 6.98. The molecule has 5 nitrogen and oxygen atoms in total. The number of hydrogen-bond donors (Lipinski definition) is 1. The molecule has 2 aromatic heterocycles. The fraction of sp³-hybridized carbons (Fsp3) is 0.556. The number of aromatic carboxylic acids is 1. The summed E-state index contributed by atoms with van der Waals surface area (Å²) in [5.41, 5.74) is 1.50. The quantitative estimate of drug-likeness (QED) is 0.889. The maximum atomic E-state index is 12.6. The third-order valence-electron chi connectivity index (χ3n) is 5.35. The smallest absolute Gasteiger partial charge is 0.401 e. The fourth-order valence-electron chi connectivity index (χ4n) is 4.08. The molecular formula is C18H22F3N3O2. The molecule has 142 valence electrons. The van der Waals surface area contributed by atoms with Crippen LogP contribution in [0.25, 0.3) is 11.0 Å². The molecule has 0 radical (unpaired) electrons. The minimum Gasteiger partial charge on any atom is -0.478 e. The monoisotopic (exact) mass is 369 g/mol. The van der Waals surface area contributed by atoms with Crippen LogP contribution in [0.4, 0.5) is 13.2 Å². The van der Waals surface area contributed by atoms with Gasteiger partial charge in [0.1, 0.15) is 5.65 Å². The zero-order valence-electron chi connectivity index (χ0n) is 14.8. The number of piperidine rings is 1. The highest BCUT2D eigenvalue weighted by molar-refractivity contribution is 6.04. The second-order valence-electron chi connectivity index (χ2n) is 6.98. The van der Waals surface area contributed by atoms with Crippen molar-refractivity contribution >= 4 is 17.0 Å². The Labute approximate surface area is 149 Å². The molecule has 3 heterocycles. The molecule has 1 fully saturated rings. The van der Waals surface area contributed by atoms with Gasteiger partial charge in [-0.15, -0.1) is 0 Å². The fourth-order valence-corrected chi connectivity index (χ4v) is 4.08. The number of carboxylic acid groups (broad SMARTS) is 1. The molecule has 0 aromatic carbocycles. The summed E-state index contributed by atoms with van der Waals surface area (Å²) in [4.78, 5) is 17.5. The molecule has 1 aliphatic heterocycles. The van der Waals surface area contributed by atoms with Gasteiger partial charge in [-0.2, -0.15) is 13.2 Å². The Morgan fingerprint density at radius 2 is 2.04 bits per heavy atom. The molecule has 0 saturated carbocycles. The summed E-state index contributed by atoms with van der Waals surface area (Å²) >= 11 is 0. The van der Waals surface area contributed by atoms with Gasteiger partial charge in [-0.3, -0.25) is 4.90 Å². The van der Waals surface area contributed by atoms with Crippen molar-refractivity contribution in [3.05, 3.63) is 29.6 Å². The highest BCUT2D eigenvalue weighted by Crippen LogP contribution is 2.35. The number of carbonyl (C=O) groups is 1. The van der Waals surface area contributed by atoms with Gasteiger partial charge in [-0.1, -0.05) is 0 Å². The SMILES string of the molecule is Cc1c(C(=O)O)c2cccnc2n1[C@H](C)C1CCN(CC(F)(F)F)CC1. The lowest BCUT2D eigenvalue weighted by atomic mass is 9.90. The van der Waals surface area contributed by atoms with Crippen molar-refractivity contribution in [1.82, 2.24) is 14.5 Å². The number of pyridine rings is 1. The summed E-state index contributed by atoms with van der Waals surface area (Å²) in [6.07, 6.45) is -1.26. The minimum atomic E-state index is -4.17. The van der Waals surface area contributed by atoms with E-state index in [1.54, 1.807) is 25.3 Å². The van der Waals surface area contributed by atoms with E-state index in [1.165, 1.54) is 4.90 Å². The van der Waals surface area contributed by atoms with E-state index in [2.05, 4.69) is 4.98 Å². The average Bonchev–Trinajstić information content (AvgIpc) is 2.85. The van der Waals surface area contributed by atoms with Gasteiger partial charge in [-0.25, -0.2) is 9.78 Å². The molecule has 1 N–H and O–H groups in total. The molecule has 0 spiro atoms. The van der Waals surface area contributed by atoms with Crippen molar-refractivity contribution in [2.45, 2.75) is 38.9 Å². The predicted molar refractivity (Wildman–Crippen MR) is 91.4 cm³/mol. The zero-order valence-corrected chi connectivity index (χ0v) is 14.8. The van der Waals surface area contributed by atoms with Gasteiger partial charge in [0.05, 0.1) is 12.1 Å². The molecule has 3 rings (SSSR count). The summed E-state index contributed by atoms with van der Waals surface area (Å²) < 4.78 is 39.6. The van der Waals surface area contributed by atoms with Crippen LogP contribution in [0, 0.1) is 12.8 Å². The third-order valence-corrected chi connectivity index (χ3v) is 5.35. The van der Waals surface area contributed by atoms with Gasteiger partial charge < -0.3 is 9.67 Å². The van der Waals surface area contributed by atoms with E-state index in [9.17, 15) is 23.1 Å². The van der Waals surface area contributed by atoms with E-state index < -0.39 is 18.7 Å². The van der Waals surface area contributed by atoms with Crippen LogP contribution in [0.5, 0.6) is 0 Å². The van der Waals surface area contributed by atoms with E-state index >= 15 is 0 Å². The molecule has 0 aliphatic carbocycles. The molecule has 1 saturated heterocycles. The van der Waals surface area contributed by atoms with Crippen molar-refractivity contribution in [3.63, 3.8) is 0 Å². The molecule has 0 unspecified atom stereocenters. The summed E-state index contributed by atoms with van der Waals surface area (Å²) in [5, 5.41) is 10.2. The third kappa shape index (κ3) is 3.56. The molecular weight excluding hydrogens is 347 g/mol. The van der Waals surface area contributed by atoms with Crippen LogP contribution in [0.1, 0.15) is 41.9 Å². The van der Waals surface area contributed by atoms with Crippen LogP contribution in [0.15, 0.2) is 18.3 Å². The highest BCUT2D eigenvalue weighted by Gasteiger charge is 2.34. The Bertz CT molecular complexity index is 808. The number of carboxylic acids is 1. The molecule has 0 amide bonds. The Morgan fingerprint density at radius 1 is 1.38 bits per heavy atom. The first-order valence-electron chi connectivity index (χ1n) is 8.67. The standard InChI is InChI=1S/C18H22F3N3O2/c1-11(13-5-8-23(9-6-13)10-18(19,20)21)24-12(2)15(17(25)26)14-4-3-7-22-16(14)24/h3-4,7,11,13H,5-6,8-10H2,1-2H3,(H,25,26)/t11-/m1/s1. The van der Waals surface area contributed by atoms with Crippen LogP contribution in [-0.4, -0.2) is 51.3 Å². The summed E-state index contributed by atoms with van der Waals surface area (Å²) in [5.74, 6) is -0.816. The van der Waals surface area contributed by atoms with Crippen LogP contribution >= 0.6 is 0 Å². The Morgan fingerprint density at radius 3 is 2.62 bits per heavy atom. The van der Waals surface area contributed by atoms with Gasteiger partial charge in [0.15, 0.2) is 0 Å². The Hall–Kier alpha value is -2.09. The molecule has 2 aromatic rings. The molecule has 0 bridgehead atoms. The van der Waals surface area contributed by atoms with Crippen LogP contribution in [0.2, 0.25) is 0 Å². The van der Waals surface area contributed by atoms with Crippen LogP contribution < -0.4 is 0 Å². The topological polar surface area (TPSA) is 58.4 Å². The van der Waals surface area contributed by atoms with E-state index in [-0.39, 0.29) is 17.5 Å². The lowest BCUT2D eigenvalue weighted by molar-refractivity contribution is -0.149. The number of likely N-dealkylation sites (tertiary alicyclic amines) is 1. The second kappa shape index (κ2) is 6.90. The van der Waals surface area contributed by atoms with E-state index in [4.69, 9.17) is 0 Å². The first kappa shape index (κ1) is 18.7. The van der Waals surface area contributed by atoms with E-state index in [1.807, 2.05) is 11.5 Å². The number of aromatic nitrogens is 2. The van der Waals surface area contributed by atoms with Gasteiger partial charge in [0, 0.05) is 23.3 Å². The van der Waals surface area contributed by atoms with E-state index in [0.717, 1.165) is 0 Å². The van der Waals surface area contributed by atoms with Gasteiger partial charge in [0.25, 0.3) is 0 Å². The largest absolute Gasteiger partial charge is 0.478 e. The van der Waals surface area contributed by atoms with Gasteiger partial charge in [0.2, 0.25) is 0 Å². The van der Waals surface area contributed by atoms with Crippen LogP contribution in [-0.2, 0) is 0 Å². The number of alkyl halides is 3.